The van der Waals surface area contributed by atoms with Gasteiger partial charge in [0.25, 0.3) is 0 Å². The number of benzene rings is 1. The minimum atomic E-state index is 0.592. The Kier molecular flexibility index (Phi) is 5.26. The highest BCUT2D eigenvalue weighted by Gasteiger charge is 2.32. The number of fused-ring (bicyclic) bond motifs is 1. The molecule has 1 saturated heterocycles. The SMILES string of the molecule is C=CCN1CC(c2ccc3c(c2)OCCC3C)CC1CCC1=NC=CC1. The van der Waals surface area contributed by atoms with Crippen LogP contribution >= 0.6 is 0 Å². The summed E-state index contributed by atoms with van der Waals surface area (Å²) in [4.78, 5) is 7.08. The fraction of sp³-hybridized carbons (Fsp3) is 0.522. The van der Waals surface area contributed by atoms with Gasteiger partial charge < -0.3 is 4.74 Å². The van der Waals surface area contributed by atoms with Gasteiger partial charge in [0.15, 0.2) is 0 Å². The monoisotopic (exact) mass is 350 g/mol. The van der Waals surface area contributed by atoms with Gasteiger partial charge in [-0.05, 0) is 54.7 Å². The van der Waals surface area contributed by atoms with Crippen molar-refractivity contribution >= 4 is 5.71 Å². The van der Waals surface area contributed by atoms with Gasteiger partial charge in [-0.1, -0.05) is 31.2 Å². The van der Waals surface area contributed by atoms with Crippen LogP contribution in [0.15, 0.2) is 48.1 Å². The summed E-state index contributed by atoms with van der Waals surface area (Å²) in [5.41, 5.74) is 4.15. The Morgan fingerprint density at radius 2 is 2.31 bits per heavy atom. The van der Waals surface area contributed by atoms with Crippen LogP contribution < -0.4 is 4.74 Å². The Labute approximate surface area is 157 Å². The van der Waals surface area contributed by atoms with Crippen LogP contribution in [0.2, 0.25) is 0 Å². The first-order valence-corrected chi connectivity index (χ1v) is 10.1. The summed E-state index contributed by atoms with van der Waals surface area (Å²) in [6.07, 6.45) is 11.9. The predicted octanol–water partition coefficient (Wildman–Crippen LogP) is 5.06. The highest BCUT2D eigenvalue weighted by molar-refractivity contribution is 5.88. The average Bonchev–Trinajstić information content (AvgIpc) is 3.30. The lowest BCUT2D eigenvalue weighted by atomic mass is 9.89. The number of aliphatic imine (C=N–C) groups is 1. The average molecular weight is 351 g/mol. The molecule has 3 heterocycles. The zero-order chi connectivity index (χ0) is 17.9. The van der Waals surface area contributed by atoms with Crippen LogP contribution in [0, 0.1) is 0 Å². The maximum Gasteiger partial charge on any atom is 0.123 e. The van der Waals surface area contributed by atoms with Gasteiger partial charge in [0.05, 0.1) is 6.61 Å². The van der Waals surface area contributed by atoms with Crippen LogP contribution in [0.4, 0.5) is 0 Å². The highest BCUT2D eigenvalue weighted by atomic mass is 16.5. The second kappa shape index (κ2) is 7.79. The zero-order valence-corrected chi connectivity index (χ0v) is 15.9. The van der Waals surface area contributed by atoms with Crippen molar-refractivity contribution in [3.8, 4) is 5.75 Å². The molecule has 3 unspecified atom stereocenters. The van der Waals surface area contributed by atoms with Gasteiger partial charge in [0.1, 0.15) is 5.75 Å². The van der Waals surface area contributed by atoms with Crippen LogP contribution in [0.3, 0.4) is 0 Å². The van der Waals surface area contributed by atoms with E-state index in [4.69, 9.17) is 4.74 Å². The standard InChI is InChI=1S/C23H30N2O/c1-3-12-25-16-19(14-21(25)8-7-20-5-4-11-24-20)18-6-9-22-17(2)10-13-26-23(22)15-18/h3-4,6,9,11,15,17,19,21H,1,5,7-8,10,12-14,16H2,2H3. The molecule has 0 aliphatic carbocycles. The fourth-order valence-electron chi connectivity index (χ4n) is 4.65. The first-order valence-electron chi connectivity index (χ1n) is 10.1. The molecule has 138 valence electrons. The molecule has 3 aliphatic rings. The van der Waals surface area contributed by atoms with Crippen molar-refractivity contribution in [2.24, 2.45) is 4.99 Å². The van der Waals surface area contributed by atoms with Gasteiger partial charge >= 0.3 is 0 Å². The molecule has 0 spiro atoms. The lowest BCUT2D eigenvalue weighted by molar-refractivity contribution is 0.269. The van der Waals surface area contributed by atoms with Crippen LogP contribution in [0.1, 0.15) is 62.0 Å². The smallest absolute Gasteiger partial charge is 0.123 e. The zero-order valence-electron chi connectivity index (χ0n) is 15.9. The van der Waals surface area contributed by atoms with Crippen LogP contribution in [-0.2, 0) is 0 Å². The van der Waals surface area contributed by atoms with Gasteiger partial charge in [-0.3, -0.25) is 9.89 Å². The normalized spacial score (nSPS) is 27.9. The number of likely N-dealkylation sites (tertiary alicyclic amines) is 1. The summed E-state index contributed by atoms with van der Waals surface area (Å²) in [5.74, 6) is 2.32. The first-order chi connectivity index (χ1) is 12.7. The minimum Gasteiger partial charge on any atom is -0.493 e. The van der Waals surface area contributed by atoms with Crippen molar-refractivity contribution in [1.29, 1.82) is 0 Å². The second-order valence-electron chi connectivity index (χ2n) is 7.99. The molecular weight excluding hydrogens is 320 g/mol. The molecule has 4 rings (SSSR count). The second-order valence-corrected chi connectivity index (χ2v) is 7.99. The third kappa shape index (κ3) is 3.64. The molecule has 3 nitrogen and oxygen atoms in total. The Balaban J connectivity index is 1.46. The summed E-state index contributed by atoms with van der Waals surface area (Å²) in [7, 11) is 0. The lowest BCUT2D eigenvalue weighted by Crippen LogP contribution is -2.30. The van der Waals surface area contributed by atoms with E-state index in [2.05, 4.69) is 47.7 Å². The topological polar surface area (TPSA) is 24.8 Å². The van der Waals surface area contributed by atoms with E-state index in [1.807, 2.05) is 12.3 Å². The first kappa shape index (κ1) is 17.5. The van der Waals surface area contributed by atoms with E-state index >= 15 is 0 Å². The molecular formula is C23H30N2O. The van der Waals surface area contributed by atoms with E-state index in [0.29, 0.717) is 17.9 Å². The summed E-state index contributed by atoms with van der Waals surface area (Å²) in [6, 6.07) is 7.58. The van der Waals surface area contributed by atoms with Gasteiger partial charge in [-0.25, -0.2) is 0 Å². The Bertz CT molecular complexity index is 721. The fourth-order valence-corrected chi connectivity index (χ4v) is 4.65. The molecule has 3 aliphatic heterocycles. The van der Waals surface area contributed by atoms with E-state index in [-0.39, 0.29) is 0 Å². The molecule has 3 heteroatoms. The van der Waals surface area contributed by atoms with Crippen LogP contribution in [-0.4, -0.2) is 36.3 Å². The molecule has 1 aromatic carbocycles. The third-order valence-corrected chi connectivity index (χ3v) is 6.22. The predicted molar refractivity (Wildman–Crippen MR) is 108 cm³/mol. The Morgan fingerprint density at radius 1 is 1.38 bits per heavy atom. The van der Waals surface area contributed by atoms with Crippen molar-refractivity contribution in [3.05, 3.63) is 54.3 Å². The van der Waals surface area contributed by atoms with E-state index in [1.54, 1.807) is 0 Å². The van der Waals surface area contributed by atoms with E-state index in [9.17, 15) is 0 Å². The maximum absolute atomic E-state index is 5.96. The molecule has 0 amide bonds. The van der Waals surface area contributed by atoms with Gasteiger partial charge in [0, 0.05) is 37.5 Å². The summed E-state index contributed by atoms with van der Waals surface area (Å²) < 4.78 is 5.96. The highest BCUT2D eigenvalue weighted by Crippen LogP contribution is 2.39. The quantitative estimate of drug-likeness (QED) is 0.670. The van der Waals surface area contributed by atoms with Crippen molar-refractivity contribution in [1.82, 2.24) is 4.90 Å². The molecule has 1 aromatic rings. The molecule has 0 N–H and O–H groups in total. The number of ether oxygens (including phenoxy) is 1. The number of allylic oxidation sites excluding steroid dienone is 1. The number of rotatable bonds is 6. The number of nitrogens with zero attached hydrogens (tertiary/aromatic N) is 2. The molecule has 0 aromatic heterocycles. The van der Waals surface area contributed by atoms with Crippen molar-refractivity contribution in [3.63, 3.8) is 0 Å². The van der Waals surface area contributed by atoms with E-state index in [1.165, 1.54) is 29.7 Å². The largest absolute Gasteiger partial charge is 0.493 e. The Morgan fingerprint density at radius 3 is 3.12 bits per heavy atom. The molecule has 1 fully saturated rings. The van der Waals surface area contributed by atoms with Crippen molar-refractivity contribution < 1.29 is 4.74 Å². The lowest BCUT2D eigenvalue weighted by Gasteiger charge is -2.24. The van der Waals surface area contributed by atoms with Crippen LogP contribution in [0.5, 0.6) is 5.75 Å². The molecule has 0 saturated carbocycles. The van der Waals surface area contributed by atoms with Crippen molar-refractivity contribution in [2.75, 3.05) is 19.7 Å². The van der Waals surface area contributed by atoms with Gasteiger partial charge in [-0.2, -0.15) is 0 Å². The summed E-state index contributed by atoms with van der Waals surface area (Å²) in [5, 5.41) is 0. The van der Waals surface area contributed by atoms with Crippen LogP contribution in [0.25, 0.3) is 0 Å². The number of hydrogen-bond donors (Lipinski definition) is 0. The summed E-state index contributed by atoms with van der Waals surface area (Å²) >= 11 is 0. The minimum absolute atomic E-state index is 0.592. The molecule has 26 heavy (non-hydrogen) atoms. The van der Waals surface area contributed by atoms with E-state index in [0.717, 1.165) is 44.7 Å². The van der Waals surface area contributed by atoms with Gasteiger partial charge in [-0.15, -0.1) is 6.58 Å². The number of hydrogen-bond acceptors (Lipinski definition) is 3. The van der Waals surface area contributed by atoms with Crippen molar-refractivity contribution in [2.45, 2.75) is 56.9 Å². The molecule has 0 radical (unpaired) electrons. The van der Waals surface area contributed by atoms with Gasteiger partial charge in [0.2, 0.25) is 0 Å². The molecule has 3 atom stereocenters. The third-order valence-electron chi connectivity index (χ3n) is 6.22. The molecule has 0 bridgehead atoms. The van der Waals surface area contributed by atoms with E-state index < -0.39 is 0 Å². The maximum atomic E-state index is 5.96. The Hall–Kier alpha value is -1.87. The summed E-state index contributed by atoms with van der Waals surface area (Å²) in [6.45, 7) is 9.22.